The Hall–Kier alpha value is -3.58. The summed E-state index contributed by atoms with van der Waals surface area (Å²) >= 11 is 6.31. The summed E-state index contributed by atoms with van der Waals surface area (Å²) in [6.07, 6.45) is 4.75. The lowest BCUT2D eigenvalue weighted by atomic mass is 10.1. The number of methoxy groups -OCH3 is 1. The molecule has 35 heavy (non-hydrogen) atoms. The zero-order valence-corrected chi connectivity index (χ0v) is 20.9. The smallest absolute Gasteiger partial charge is 0.247 e. The highest BCUT2D eigenvalue weighted by atomic mass is 35.5. The molecule has 0 saturated carbocycles. The summed E-state index contributed by atoms with van der Waals surface area (Å²) in [5.41, 5.74) is 4.32. The van der Waals surface area contributed by atoms with Gasteiger partial charge in [-0.25, -0.2) is 0 Å². The molecular formula is C27H29ClN4O3. The maximum atomic E-state index is 13.0. The molecule has 2 heterocycles. The molecule has 1 aromatic heterocycles. The predicted octanol–water partition coefficient (Wildman–Crippen LogP) is 4.85. The molecule has 2 amide bonds. The molecule has 7 nitrogen and oxygen atoms in total. The van der Waals surface area contributed by atoms with Gasteiger partial charge in [0, 0.05) is 34.6 Å². The number of hydrogen-bond acceptors (Lipinski definition) is 4. The van der Waals surface area contributed by atoms with Crippen molar-refractivity contribution in [1.29, 1.82) is 0 Å². The standard InChI is InChI=1S/C27H29ClN4O3/c1-18-23(19(2)32(30-18)17-20-7-4-5-8-24(20)28)14-15-26(33)31-16-6-9-25(31)27(34)29-21-10-12-22(35-3)13-11-21/h4-5,7-8,10-15,25H,6,9,16-17H2,1-3H3,(H,29,34)/b15-14+. The van der Waals surface area contributed by atoms with Crippen LogP contribution in [-0.4, -0.2) is 46.2 Å². The van der Waals surface area contributed by atoms with Crippen molar-refractivity contribution in [3.63, 3.8) is 0 Å². The fourth-order valence-electron chi connectivity index (χ4n) is 4.35. The van der Waals surface area contributed by atoms with Crippen molar-refractivity contribution in [3.05, 3.63) is 82.1 Å². The van der Waals surface area contributed by atoms with Crippen LogP contribution in [0.2, 0.25) is 5.02 Å². The molecule has 0 aliphatic carbocycles. The lowest BCUT2D eigenvalue weighted by Gasteiger charge is -2.22. The van der Waals surface area contributed by atoms with E-state index in [0.29, 0.717) is 36.0 Å². The molecule has 8 heteroatoms. The van der Waals surface area contributed by atoms with Crippen molar-refractivity contribution in [3.8, 4) is 5.75 Å². The zero-order valence-electron chi connectivity index (χ0n) is 20.1. The molecule has 182 valence electrons. The van der Waals surface area contributed by atoms with Crippen molar-refractivity contribution >= 4 is 35.2 Å². The van der Waals surface area contributed by atoms with Gasteiger partial charge >= 0.3 is 0 Å². The fraction of sp³-hybridized carbons (Fsp3) is 0.296. The van der Waals surface area contributed by atoms with E-state index in [2.05, 4.69) is 10.4 Å². The van der Waals surface area contributed by atoms with Crippen LogP contribution in [0.3, 0.4) is 0 Å². The summed E-state index contributed by atoms with van der Waals surface area (Å²) in [6.45, 7) is 4.99. The van der Waals surface area contributed by atoms with Crippen molar-refractivity contribution in [2.75, 3.05) is 19.0 Å². The quantitative estimate of drug-likeness (QED) is 0.478. The van der Waals surface area contributed by atoms with Gasteiger partial charge in [-0.2, -0.15) is 5.10 Å². The molecule has 3 aromatic rings. The number of rotatable bonds is 7. The molecule has 0 spiro atoms. The van der Waals surface area contributed by atoms with Gasteiger partial charge in [-0.05, 0) is 68.7 Å². The summed E-state index contributed by atoms with van der Waals surface area (Å²) in [7, 11) is 1.59. The number of amides is 2. The van der Waals surface area contributed by atoms with E-state index in [1.165, 1.54) is 6.08 Å². The maximum absolute atomic E-state index is 13.0. The SMILES string of the molecule is COc1ccc(NC(=O)C2CCCN2C(=O)/C=C/c2c(C)nn(Cc3ccccc3Cl)c2C)cc1. The Kier molecular flexibility index (Phi) is 7.56. The summed E-state index contributed by atoms with van der Waals surface area (Å²) in [4.78, 5) is 27.6. The van der Waals surface area contributed by atoms with E-state index in [1.807, 2.05) is 42.8 Å². The molecule has 1 saturated heterocycles. The number of aryl methyl sites for hydroxylation is 1. The van der Waals surface area contributed by atoms with Crippen molar-refractivity contribution < 1.29 is 14.3 Å². The number of nitrogens with one attached hydrogen (secondary N) is 1. The number of halogens is 1. The Bertz CT molecular complexity index is 1250. The Labute approximate surface area is 210 Å². The number of carbonyl (C=O) groups excluding carboxylic acids is 2. The third-order valence-electron chi connectivity index (χ3n) is 6.30. The number of carbonyl (C=O) groups is 2. The summed E-state index contributed by atoms with van der Waals surface area (Å²) in [5, 5.41) is 8.23. The van der Waals surface area contributed by atoms with Crippen molar-refractivity contribution in [2.24, 2.45) is 0 Å². The molecule has 1 aliphatic heterocycles. The summed E-state index contributed by atoms with van der Waals surface area (Å²) in [6, 6.07) is 14.3. The molecular weight excluding hydrogens is 464 g/mol. The van der Waals surface area contributed by atoms with Crippen molar-refractivity contribution in [2.45, 2.75) is 39.3 Å². The third kappa shape index (κ3) is 5.57. The second-order valence-electron chi connectivity index (χ2n) is 8.57. The summed E-state index contributed by atoms with van der Waals surface area (Å²) < 4.78 is 7.04. The van der Waals surface area contributed by atoms with Crippen LogP contribution in [0.5, 0.6) is 5.75 Å². The number of ether oxygens (including phenoxy) is 1. The molecule has 4 rings (SSSR count). The number of aromatic nitrogens is 2. The van der Waals surface area contributed by atoms with Gasteiger partial charge in [0.2, 0.25) is 11.8 Å². The van der Waals surface area contributed by atoms with E-state index in [9.17, 15) is 9.59 Å². The highest BCUT2D eigenvalue weighted by Crippen LogP contribution is 2.23. The first-order valence-corrected chi connectivity index (χ1v) is 12.0. The van der Waals surface area contributed by atoms with Crippen LogP contribution in [0.25, 0.3) is 6.08 Å². The number of likely N-dealkylation sites (tertiary alicyclic amines) is 1. The second-order valence-corrected chi connectivity index (χ2v) is 8.98. The van der Waals surface area contributed by atoms with Crippen LogP contribution in [0.4, 0.5) is 5.69 Å². The first kappa shape index (κ1) is 24.5. The first-order chi connectivity index (χ1) is 16.9. The number of benzene rings is 2. The van der Waals surface area contributed by atoms with E-state index >= 15 is 0 Å². The predicted molar refractivity (Wildman–Crippen MR) is 138 cm³/mol. The Morgan fingerprint density at radius 3 is 2.63 bits per heavy atom. The third-order valence-corrected chi connectivity index (χ3v) is 6.67. The monoisotopic (exact) mass is 492 g/mol. The Morgan fingerprint density at radius 1 is 1.17 bits per heavy atom. The molecule has 1 N–H and O–H groups in total. The van der Waals surface area contributed by atoms with Crippen LogP contribution in [-0.2, 0) is 16.1 Å². The molecule has 1 aliphatic rings. The van der Waals surface area contributed by atoms with Crippen LogP contribution in [0, 0.1) is 13.8 Å². The van der Waals surface area contributed by atoms with Gasteiger partial charge in [-0.1, -0.05) is 29.8 Å². The average molecular weight is 493 g/mol. The van der Waals surface area contributed by atoms with Gasteiger partial charge in [0.05, 0.1) is 19.3 Å². The van der Waals surface area contributed by atoms with Gasteiger partial charge in [0.25, 0.3) is 0 Å². The topological polar surface area (TPSA) is 76.5 Å². The van der Waals surface area contributed by atoms with E-state index in [0.717, 1.165) is 28.9 Å². The fourth-order valence-corrected chi connectivity index (χ4v) is 4.54. The number of anilines is 1. The molecule has 0 bridgehead atoms. The van der Waals surface area contributed by atoms with E-state index in [4.69, 9.17) is 16.3 Å². The highest BCUT2D eigenvalue weighted by Gasteiger charge is 2.33. The lowest BCUT2D eigenvalue weighted by Crippen LogP contribution is -2.42. The number of hydrogen-bond donors (Lipinski definition) is 1. The van der Waals surface area contributed by atoms with E-state index in [-0.39, 0.29) is 11.8 Å². The summed E-state index contributed by atoms with van der Waals surface area (Å²) in [5.74, 6) is 0.343. The van der Waals surface area contributed by atoms with Gasteiger partial charge in [-0.15, -0.1) is 0 Å². The molecule has 1 unspecified atom stereocenters. The van der Waals surface area contributed by atoms with Crippen LogP contribution in [0.1, 0.15) is 35.4 Å². The molecule has 1 atom stereocenters. The van der Waals surface area contributed by atoms with Crippen LogP contribution >= 0.6 is 11.6 Å². The Morgan fingerprint density at radius 2 is 1.91 bits per heavy atom. The molecule has 1 fully saturated rings. The second kappa shape index (κ2) is 10.8. The average Bonchev–Trinajstić information content (AvgIpc) is 3.45. The Balaban J connectivity index is 1.44. The van der Waals surface area contributed by atoms with Gasteiger partial charge in [0.15, 0.2) is 0 Å². The van der Waals surface area contributed by atoms with Crippen LogP contribution < -0.4 is 10.1 Å². The normalized spacial score (nSPS) is 15.5. The minimum absolute atomic E-state index is 0.185. The minimum atomic E-state index is -0.501. The molecule has 2 aromatic carbocycles. The first-order valence-electron chi connectivity index (χ1n) is 11.6. The lowest BCUT2D eigenvalue weighted by molar-refractivity contribution is -0.132. The van der Waals surface area contributed by atoms with Gasteiger partial charge in [0.1, 0.15) is 11.8 Å². The minimum Gasteiger partial charge on any atom is -0.497 e. The van der Waals surface area contributed by atoms with Gasteiger partial charge < -0.3 is 15.0 Å². The highest BCUT2D eigenvalue weighted by molar-refractivity contribution is 6.31. The maximum Gasteiger partial charge on any atom is 0.247 e. The van der Waals surface area contributed by atoms with Gasteiger partial charge in [-0.3, -0.25) is 14.3 Å². The molecule has 0 radical (unpaired) electrons. The largest absolute Gasteiger partial charge is 0.497 e. The zero-order chi connectivity index (χ0) is 24.9. The van der Waals surface area contributed by atoms with Crippen LogP contribution in [0.15, 0.2) is 54.6 Å². The van der Waals surface area contributed by atoms with E-state index < -0.39 is 6.04 Å². The number of nitrogens with zero attached hydrogens (tertiary/aromatic N) is 3. The van der Waals surface area contributed by atoms with Crippen molar-refractivity contribution in [1.82, 2.24) is 14.7 Å². The van der Waals surface area contributed by atoms with E-state index in [1.54, 1.807) is 42.4 Å².